The first-order valence-corrected chi connectivity index (χ1v) is 6.67. The minimum Gasteiger partial charge on any atom is -0.368 e. The van der Waals surface area contributed by atoms with Crippen molar-refractivity contribution in [1.29, 1.82) is 0 Å². The summed E-state index contributed by atoms with van der Waals surface area (Å²) < 4.78 is 7.09. The Bertz CT molecular complexity index is 576. The van der Waals surface area contributed by atoms with Crippen molar-refractivity contribution in [3.63, 3.8) is 0 Å². The van der Waals surface area contributed by atoms with Gasteiger partial charge in [-0.1, -0.05) is 6.07 Å². The number of ether oxygens (including phenoxy) is 1. The summed E-state index contributed by atoms with van der Waals surface area (Å²) in [6.07, 6.45) is 4.77. The lowest BCUT2D eigenvalue weighted by atomic mass is 10.2. The molecule has 3 rings (SSSR count). The Morgan fingerprint density at radius 3 is 3.10 bits per heavy atom. The molecule has 0 aromatic carbocycles. The van der Waals surface area contributed by atoms with Crippen LogP contribution in [0.15, 0.2) is 36.7 Å². The van der Waals surface area contributed by atoms with Crippen LogP contribution in [0.3, 0.4) is 0 Å². The molecule has 0 radical (unpaired) electrons. The molecule has 1 atom stereocenters. The van der Waals surface area contributed by atoms with Gasteiger partial charge in [-0.3, -0.25) is 9.78 Å². The van der Waals surface area contributed by atoms with Gasteiger partial charge in [-0.15, -0.1) is 0 Å². The molecule has 6 nitrogen and oxygen atoms in total. The van der Waals surface area contributed by atoms with Gasteiger partial charge in [0.2, 0.25) is 0 Å². The van der Waals surface area contributed by atoms with Crippen LogP contribution in [0.1, 0.15) is 18.5 Å². The maximum absolute atomic E-state index is 12.0. The Kier molecular flexibility index (Phi) is 3.73. The summed E-state index contributed by atoms with van der Waals surface area (Å²) >= 11 is 0. The maximum Gasteiger partial charge on any atom is 0.254 e. The van der Waals surface area contributed by atoms with Crippen molar-refractivity contribution in [1.82, 2.24) is 14.8 Å². The predicted molar refractivity (Wildman–Crippen MR) is 73.2 cm³/mol. The van der Waals surface area contributed by atoms with Crippen molar-refractivity contribution >= 4 is 11.7 Å². The van der Waals surface area contributed by atoms with Crippen LogP contribution in [0.2, 0.25) is 0 Å². The van der Waals surface area contributed by atoms with Crippen LogP contribution in [0.4, 0.5) is 5.82 Å². The second-order valence-corrected chi connectivity index (χ2v) is 4.69. The van der Waals surface area contributed by atoms with E-state index in [9.17, 15) is 4.79 Å². The fourth-order valence-electron chi connectivity index (χ4n) is 2.20. The lowest BCUT2D eigenvalue weighted by Crippen LogP contribution is -2.28. The van der Waals surface area contributed by atoms with E-state index < -0.39 is 0 Å². The van der Waals surface area contributed by atoms with E-state index in [2.05, 4.69) is 15.4 Å². The lowest BCUT2D eigenvalue weighted by Gasteiger charge is -2.12. The number of nitrogens with one attached hydrogen (secondary N) is 1. The summed E-state index contributed by atoms with van der Waals surface area (Å²) in [6, 6.07) is 7.49. The summed E-state index contributed by atoms with van der Waals surface area (Å²) in [4.78, 5) is 16.3. The summed E-state index contributed by atoms with van der Waals surface area (Å²) in [7, 11) is 0. The van der Waals surface area contributed by atoms with Gasteiger partial charge in [0.1, 0.15) is 11.9 Å². The molecule has 2 aromatic heterocycles. The molecule has 1 aliphatic heterocycles. The van der Waals surface area contributed by atoms with Gasteiger partial charge in [0, 0.05) is 18.9 Å². The average molecular weight is 272 g/mol. The van der Waals surface area contributed by atoms with E-state index in [1.807, 2.05) is 18.2 Å². The minimum atomic E-state index is -0.340. The molecule has 2 aromatic rings. The number of anilines is 1. The third-order valence-corrected chi connectivity index (χ3v) is 3.23. The van der Waals surface area contributed by atoms with Gasteiger partial charge in [0.05, 0.1) is 18.4 Å². The summed E-state index contributed by atoms with van der Waals surface area (Å²) in [5.74, 6) is 0.557. The highest BCUT2D eigenvalue weighted by atomic mass is 16.5. The highest BCUT2D eigenvalue weighted by molar-refractivity contribution is 5.93. The Balaban J connectivity index is 1.68. The monoisotopic (exact) mass is 272 g/mol. The molecule has 104 valence electrons. The van der Waals surface area contributed by atoms with E-state index in [0.29, 0.717) is 19.0 Å². The molecule has 6 heteroatoms. The quantitative estimate of drug-likeness (QED) is 0.914. The SMILES string of the molecule is O=C(Nc1ccnn1Cc1ccccn1)[C@H]1CCCO1. The number of pyridine rings is 1. The molecule has 0 spiro atoms. The Morgan fingerprint density at radius 2 is 2.35 bits per heavy atom. The van der Waals surface area contributed by atoms with E-state index in [1.165, 1.54) is 0 Å². The zero-order valence-electron chi connectivity index (χ0n) is 11.0. The molecule has 1 N–H and O–H groups in total. The maximum atomic E-state index is 12.0. The van der Waals surface area contributed by atoms with E-state index in [4.69, 9.17) is 4.74 Å². The van der Waals surface area contributed by atoms with Crippen LogP contribution in [-0.4, -0.2) is 33.4 Å². The number of amides is 1. The second-order valence-electron chi connectivity index (χ2n) is 4.69. The topological polar surface area (TPSA) is 69.0 Å². The van der Waals surface area contributed by atoms with Gasteiger partial charge in [0.25, 0.3) is 5.91 Å². The smallest absolute Gasteiger partial charge is 0.254 e. The van der Waals surface area contributed by atoms with E-state index in [0.717, 1.165) is 18.5 Å². The first-order valence-electron chi connectivity index (χ1n) is 6.67. The largest absolute Gasteiger partial charge is 0.368 e. The molecule has 1 amide bonds. The van der Waals surface area contributed by atoms with Crippen molar-refractivity contribution in [3.05, 3.63) is 42.4 Å². The van der Waals surface area contributed by atoms with Crippen molar-refractivity contribution in [2.45, 2.75) is 25.5 Å². The molecule has 3 heterocycles. The third kappa shape index (κ3) is 2.85. The normalized spacial score (nSPS) is 18.1. The molecule has 0 saturated carbocycles. The molecule has 0 unspecified atom stereocenters. The number of carbonyl (C=O) groups is 1. The van der Waals surface area contributed by atoms with Gasteiger partial charge in [-0.05, 0) is 25.0 Å². The molecular formula is C14H16N4O2. The number of aromatic nitrogens is 3. The van der Waals surface area contributed by atoms with E-state index in [-0.39, 0.29) is 12.0 Å². The van der Waals surface area contributed by atoms with Gasteiger partial charge in [-0.25, -0.2) is 4.68 Å². The molecule has 20 heavy (non-hydrogen) atoms. The van der Waals surface area contributed by atoms with Crippen LogP contribution >= 0.6 is 0 Å². The van der Waals surface area contributed by atoms with Crippen LogP contribution in [0, 0.1) is 0 Å². The van der Waals surface area contributed by atoms with Crippen LogP contribution < -0.4 is 5.32 Å². The number of hydrogen-bond acceptors (Lipinski definition) is 4. The van der Waals surface area contributed by atoms with E-state index >= 15 is 0 Å². The second kappa shape index (κ2) is 5.83. The predicted octanol–water partition coefficient (Wildman–Crippen LogP) is 1.44. The fraction of sp³-hybridized carbons (Fsp3) is 0.357. The fourth-order valence-corrected chi connectivity index (χ4v) is 2.20. The molecule has 0 aliphatic carbocycles. The molecule has 1 aliphatic rings. The average Bonchev–Trinajstić information content (AvgIpc) is 3.12. The highest BCUT2D eigenvalue weighted by Crippen LogP contribution is 2.15. The first kappa shape index (κ1) is 12.8. The van der Waals surface area contributed by atoms with Crippen LogP contribution in [0.25, 0.3) is 0 Å². The summed E-state index contributed by atoms with van der Waals surface area (Å²) in [5.41, 5.74) is 0.892. The van der Waals surface area contributed by atoms with Crippen molar-refractivity contribution in [2.75, 3.05) is 11.9 Å². The van der Waals surface area contributed by atoms with Crippen LogP contribution in [0.5, 0.6) is 0 Å². The number of rotatable bonds is 4. The van der Waals surface area contributed by atoms with Gasteiger partial charge < -0.3 is 10.1 Å². The van der Waals surface area contributed by atoms with Gasteiger partial charge >= 0.3 is 0 Å². The van der Waals surface area contributed by atoms with E-state index in [1.54, 1.807) is 23.1 Å². The molecule has 0 bridgehead atoms. The third-order valence-electron chi connectivity index (χ3n) is 3.23. The molecular weight excluding hydrogens is 256 g/mol. The minimum absolute atomic E-state index is 0.106. The van der Waals surface area contributed by atoms with Gasteiger partial charge in [-0.2, -0.15) is 5.10 Å². The standard InChI is InChI=1S/C14H16N4O2/c19-14(12-5-3-9-20-12)17-13-6-8-16-18(13)10-11-4-1-2-7-15-11/h1-2,4,6-8,12H,3,5,9-10H2,(H,17,19)/t12-/m1/s1. The van der Waals surface area contributed by atoms with Gasteiger partial charge in [0.15, 0.2) is 0 Å². The number of nitrogens with zero attached hydrogens (tertiary/aromatic N) is 3. The number of hydrogen-bond donors (Lipinski definition) is 1. The molecule has 1 saturated heterocycles. The Labute approximate surface area is 116 Å². The van der Waals surface area contributed by atoms with Crippen LogP contribution in [-0.2, 0) is 16.1 Å². The first-order chi connectivity index (χ1) is 9.83. The zero-order chi connectivity index (χ0) is 13.8. The number of carbonyl (C=O) groups excluding carboxylic acids is 1. The highest BCUT2D eigenvalue weighted by Gasteiger charge is 2.24. The van der Waals surface area contributed by atoms with Crippen molar-refractivity contribution in [2.24, 2.45) is 0 Å². The van der Waals surface area contributed by atoms with Crippen molar-refractivity contribution in [3.8, 4) is 0 Å². The Morgan fingerprint density at radius 1 is 1.40 bits per heavy atom. The Hall–Kier alpha value is -2.21. The summed E-state index contributed by atoms with van der Waals surface area (Å²) in [5, 5.41) is 7.07. The lowest BCUT2D eigenvalue weighted by molar-refractivity contribution is -0.124. The van der Waals surface area contributed by atoms with Crippen molar-refractivity contribution < 1.29 is 9.53 Å². The summed E-state index contributed by atoms with van der Waals surface area (Å²) in [6.45, 7) is 1.18. The zero-order valence-corrected chi connectivity index (χ0v) is 11.0. The molecule has 1 fully saturated rings.